The zero-order valence-electron chi connectivity index (χ0n) is 10.2. The van der Waals surface area contributed by atoms with E-state index in [0.717, 1.165) is 23.8 Å². The quantitative estimate of drug-likeness (QED) is 0.657. The number of hydrogen-bond donors (Lipinski definition) is 2. The highest BCUT2D eigenvalue weighted by Gasteiger charge is 2.47. The van der Waals surface area contributed by atoms with E-state index in [1.807, 2.05) is 18.2 Å². The second kappa shape index (κ2) is 5.01. The van der Waals surface area contributed by atoms with Gasteiger partial charge in [0.05, 0.1) is 10.0 Å². The fourth-order valence-corrected chi connectivity index (χ4v) is 3.79. The molecule has 1 aromatic carbocycles. The molecule has 0 aliphatic heterocycles. The topological polar surface area (TPSA) is 38.0 Å². The van der Waals surface area contributed by atoms with Crippen molar-refractivity contribution in [3.63, 3.8) is 0 Å². The average molecular weight is 285 g/mol. The van der Waals surface area contributed by atoms with Crippen LogP contribution in [0.2, 0.25) is 10.0 Å². The Hall–Kier alpha value is -0.280. The van der Waals surface area contributed by atoms with Crippen molar-refractivity contribution >= 4 is 23.2 Å². The summed E-state index contributed by atoms with van der Waals surface area (Å²) in [5.41, 5.74) is 4.07. The third-order valence-electron chi connectivity index (χ3n) is 4.53. The van der Waals surface area contributed by atoms with E-state index in [9.17, 15) is 0 Å². The minimum Gasteiger partial charge on any atom is -0.271 e. The molecule has 0 radical (unpaired) electrons. The highest BCUT2D eigenvalue weighted by Crippen LogP contribution is 2.55. The average Bonchev–Trinajstić information content (AvgIpc) is 2.98. The molecular weight excluding hydrogens is 267 g/mol. The number of benzene rings is 1. The summed E-state index contributed by atoms with van der Waals surface area (Å²) >= 11 is 12.3. The summed E-state index contributed by atoms with van der Waals surface area (Å²) in [6.07, 6.45) is 4.93. The molecule has 18 heavy (non-hydrogen) atoms. The van der Waals surface area contributed by atoms with E-state index in [1.54, 1.807) is 0 Å². The number of nitrogens with two attached hydrogens (primary N) is 1. The monoisotopic (exact) mass is 284 g/mol. The third kappa shape index (κ3) is 2.39. The summed E-state index contributed by atoms with van der Waals surface area (Å²) in [6.45, 7) is 0. The Labute approximate surface area is 118 Å². The SMILES string of the molecule is NNC(Cc1cccc(Cl)c1Cl)C1CC2CC2C1. The van der Waals surface area contributed by atoms with Crippen LogP contribution in [0.5, 0.6) is 0 Å². The number of hydrogen-bond acceptors (Lipinski definition) is 2. The Morgan fingerprint density at radius 3 is 2.61 bits per heavy atom. The molecule has 0 bridgehead atoms. The number of halogens is 2. The normalized spacial score (nSPS) is 31.2. The first-order valence-corrected chi connectivity index (χ1v) is 7.33. The van der Waals surface area contributed by atoms with Gasteiger partial charge in [0, 0.05) is 6.04 Å². The van der Waals surface area contributed by atoms with Crippen molar-refractivity contribution in [1.82, 2.24) is 5.43 Å². The highest BCUT2D eigenvalue weighted by atomic mass is 35.5. The molecule has 0 amide bonds. The van der Waals surface area contributed by atoms with Crippen LogP contribution < -0.4 is 11.3 Å². The third-order valence-corrected chi connectivity index (χ3v) is 5.39. The number of nitrogens with one attached hydrogen (secondary N) is 1. The Bertz CT molecular complexity index is 439. The van der Waals surface area contributed by atoms with Gasteiger partial charge in [0.25, 0.3) is 0 Å². The number of fused-ring (bicyclic) bond motifs is 1. The molecule has 2 saturated carbocycles. The molecule has 2 aliphatic carbocycles. The fraction of sp³-hybridized carbons (Fsp3) is 0.571. The maximum absolute atomic E-state index is 6.24. The second-order valence-corrected chi connectivity index (χ2v) is 6.46. The van der Waals surface area contributed by atoms with Crippen molar-refractivity contribution in [2.75, 3.05) is 0 Å². The Morgan fingerprint density at radius 1 is 1.22 bits per heavy atom. The minimum absolute atomic E-state index is 0.314. The zero-order valence-corrected chi connectivity index (χ0v) is 11.7. The van der Waals surface area contributed by atoms with Crippen LogP contribution in [0.4, 0.5) is 0 Å². The first kappa shape index (κ1) is 12.7. The van der Waals surface area contributed by atoms with Crippen LogP contribution in [-0.2, 0) is 6.42 Å². The van der Waals surface area contributed by atoms with Gasteiger partial charge in [-0.15, -0.1) is 0 Å². The largest absolute Gasteiger partial charge is 0.271 e. The number of rotatable bonds is 4. The van der Waals surface area contributed by atoms with Crippen LogP contribution in [0.1, 0.15) is 24.8 Å². The maximum atomic E-state index is 6.24. The van der Waals surface area contributed by atoms with Gasteiger partial charge in [-0.05, 0) is 55.1 Å². The lowest BCUT2D eigenvalue weighted by atomic mass is 9.90. The van der Waals surface area contributed by atoms with E-state index in [4.69, 9.17) is 29.0 Å². The van der Waals surface area contributed by atoms with Gasteiger partial charge in [-0.25, -0.2) is 0 Å². The van der Waals surface area contributed by atoms with Gasteiger partial charge < -0.3 is 0 Å². The van der Waals surface area contributed by atoms with Gasteiger partial charge in [0.2, 0.25) is 0 Å². The Morgan fingerprint density at radius 2 is 1.94 bits per heavy atom. The Kier molecular flexibility index (Phi) is 3.55. The van der Waals surface area contributed by atoms with Crippen LogP contribution in [0, 0.1) is 17.8 Å². The molecule has 2 aliphatic rings. The first-order valence-electron chi connectivity index (χ1n) is 6.58. The summed E-state index contributed by atoms with van der Waals surface area (Å²) in [4.78, 5) is 0. The van der Waals surface area contributed by atoms with Gasteiger partial charge in [0.1, 0.15) is 0 Å². The van der Waals surface area contributed by atoms with E-state index < -0.39 is 0 Å². The van der Waals surface area contributed by atoms with E-state index >= 15 is 0 Å². The molecular formula is C14H18Cl2N2. The lowest BCUT2D eigenvalue weighted by molar-refractivity contribution is 0.336. The standard InChI is InChI=1S/C14H18Cl2N2/c15-12-3-1-2-8(14(12)16)7-13(18-17)11-5-9-4-10(9)6-11/h1-3,9-11,13,18H,4-7,17H2. The van der Waals surface area contributed by atoms with Crippen LogP contribution in [0.25, 0.3) is 0 Å². The molecule has 3 rings (SSSR count). The summed E-state index contributed by atoms with van der Waals surface area (Å²) in [7, 11) is 0. The molecule has 0 heterocycles. The van der Waals surface area contributed by atoms with Crippen molar-refractivity contribution in [1.29, 1.82) is 0 Å². The van der Waals surface area contributed by atoms with Crippen molar-refractivity contribution in [3.05, 3.63) is 33.8 Å². The number of hydrazine groups is 1. The Balaban J connectivity index is 1.71. The maximum Gasteiger partial charge on any atom is 0.0624 e. The molecule has 3 N–H and O–H groups in total. The molecule has 0 spiro atoms. The van der Waals surface area contributed by atoms with E-state index in [1.165, 1.54) is 19.3 Å². The van der Waals surface area contributed by atoms with E-state index in [2.05, 4.69) is 5.43 Å². The molecule has 2 fully saturated rings. The first-order chi connectivity index (χ1) is 8.69. The van der Waals surface area contributed by atoms with Crippen LogP contribution in [-0.4, -0.2) is 6.04 Å². The van der Waals surface area contributed by atoms with Crippen molar-refractivity contribution < 1.29 is 0 Å². The van der Waals surface area contributed by atoms with Gasteiger partial charge in [-0.2, -0.15) is 0 Å². The summed E-state index contributed by atoms with van der Waals surface area (Å²) in [6, 6.07) is 6.12. The molecule has 0 aromatic heterocycles. The molecule has 98 valence electrons. The van der Waals surface area contributed by atoms with E-state index in [-0.39, 0.29) is 0 Å². The van der Waals surface area contributed by atoms with Crippen molar-refractivity contribution in [2.24, 2.45) is 23.6 Å². The molecule has 1 aromatic rings. The molecule has 3 atom stereocenters. The summed E-state index contributed by atoms with van der Waals surface area (Å²) in [5.74, 6) is 8.36. The van der Waals surface area contributed by atoms with Crippen LogP contribution in [0.15, 0.2) is 18.2 Å². The highest BCUT2D eigenvalue weighted by molar-refractivity contribution is 6.42. The zero-order chi connectivity index (χ0) is 12.7. The molecule has 0 saturated heterocycles. The smallest absolute Gasteiger partial charge is 0.0624 e. The lowest BCUT2D eigenvalue weighted by Crippen LogP contribution is -2.42. The second-order valence-electron chi connectivity index (χ2n) is 5.68. The van der Waals surface area contributed by atoms with Gasteiger partial charge in [-0.3, -0.25) is 11.3 Å². The summed E-state index contributed by atoms with van der Waals surface area (Å²) in [5, 5.41) is 1.29. The van der Waals surface area contributed by atoms with Crippen LogP contribution >= 0.6 is 23.2 Å². The van der Waals surface area contributed by atoms with Crippen molar-refractivity contribution in [2.45, 2.75) is 31.7 Å². The van der Waals surface area contributed by atoms with Gasteiger partial charge in [0.15, 0.2) is 0 Å². The molecule has 3 unspecified atom stereocenters. The fourth-order valence-electron chi connectivity index (χ4n) is 3.39. The minimum atomic E-state index is 0.314. The van der Waals surface area contributed by atoms with Gasteiger partial charge in [-0.1, -0.05) is 35.3 Å². The van der Waals surface area contributed by atoms with Crippen molar-refractivity contribution in [3.8, 4) is 0 Å². The summed E-state index contributed by atoms with van der Waals surface area (Å²) < 4.78 is 0. The molecule has 4 heteroatoms. The lowest BCUT2D eigenvalue weighted by Gasteiger charge is -2.24. The van der Waals surface area contributed by atoms with Crippen LogP contribution in [0.3, 0.4) is 0 Å². The van der Waals surface area contributed by atoms with E-state index in [0.29, 0.717) is 22.0 Å². The molecule has 2 nitrogen and oxygen atoms in total. The predicted molar refractivity (Wildman–Crippen MR) is 75.6 cm³/mol. The van der Waals surface area contributed by atoms with Gasteiger partial charge >= 0.3 is 0 Å². The predicted octanol–water partition coefficient (Wildman–Crippen LogP) is 3.41.